The zero-order valence-corrected chi connectivity index (χ0v) is 7.67. The highest BCUT2D eigenvalue weighted by Gasteiger charge is 2.20. The Morgan fingerprint density at radius 1 is 1.58 bits per heavy atom. The predicted molar refractivity (Wildman–Crippen MR) is 48.1 cm³/mol. The third-order valence-electron chi connectivity index (χ3n) is 2.57. The molecule has 0 N–H and O–H groups in total. The minimum atomic E-state index is 0.624. The van der Waals surface area contributed by atoms with E-state index in [9.17, 15) is 0 Å². The first-order valence-corrected chi connectivity index (χ1v) is 4.66. The normalized spacial score (nSPS) is 21.0. The summed E-state index contributed by atoms with van der Waals surface area (Å²) in [5, 5.41) is 0. The minimum Gasteiger partial charge on any atom is -0.257 e. The van der Waals surface area contributed by atoms with E-state index in [1.54, 1.807) is 0 Å². The number of hydrogen-bond donors (Lipinski definition) is 0. The summed E-state index contributed by atoms with van der Waals surface area (Å²) < 4.78 is 0. The van der Waals surface area contributed by atoms with Crippen molar-refractivity contribution >= 4 is 0 Å². The van der Waals surface area contributed by atoms with E-state index >= 15 is 0 Å². The lowest BCUT2D eigenvalue weighted by molar-refractivity contribution is 0.730. The maximum Gasteiger partial charge on any atom is 0.0647 e. The van der Waals surface area contributed by atoms with Crippen LogP contribution in [0.15, 0.2) is 6.20 Å². The van der Waals surface area contributed by atoms with Crippen LogP contribution in [0.25, 0.3) is 0 Å². The van der Waals surface area contributed by atoms with Gasteiger partial charge in [0.1, 0.15) is 0 Å². The Hall–Kier alpha value is -0.920. The van der Waals surface area contributed by atoms with Gasteiger partial charge in [0.15, 0.2) is 0 Å². The van der Waals surface area contributed by atoms with Gasteiger partial charge in [0.2, 0.25) is 0 Å². The zero-order valence-electron chi connectivity index (χ0n) is 7.67. The topological polar surface area (TPSA) is 25.8 Å². The fourth-order valence-corrected chi connectivity index (χ4v) is 1.73. The van der Waals surface area contributed by atoms with E-state index in [-0.39, 0.29) is 0 Å². The smallest absolute Gasteiger partial charge is 0.0647 e. The summed E-state index contributed by atoms with van der Waals surface area (Å²) in [7, 11) is 0. The van der Waals surface area contributed by atoms with Crippen LogP contribution in [0, 0.1) is 0 Å². The monoisotopic (exact) mass is 162 g/mol. The number of hydrogen-bond acceptors (Lipinski definition) is 2. The Kier molecular flexibility index (Phi) is 1.83. The molecule has 2 nitrogen and oxygen atoms in total. The van der Waals surface area contributed by atoms with Gasteiger partial charge in [-0.2, -0.15) is 0 Å². The lowest BCUT2D eigenvalue weighted by Crippen LogP contribution is -1.98. The van der Waals surface area contributed by atoms with Crippen molar-refractivity contribution in [2.24, 2.45) is 0 Å². The second-order valence-corrected chi connectivity index (χ2v) is 3.49. The van der Waals surface area contributed by atoms with E-state index in [0.717, 1.165) is 18.5 Å². The molecule has 0 spiro atoms. The highest BCUT2D eigenvalue weighted by Crippen LogP contribution is 2.29. The maximum absolute atomic E-state index is 4.56. The standard InChI is InChI=1S/C10H14N2/c1-3-8-6-11-10-7(2)4-5-9(10)12-8/h6-7H,3-5H2,1-2H3. The van der Waals surface area contributed by atoms with Crippen molar-refractivity contribution in [3.05, 3.63) is 23.3 Å². The molecule has 1 heterocycles. The summed E-state index contributed by atoms with van der Waals surface area (Å²) >= 11 is 0. The molecule has 1 aromatic rings. The van der Waals surface area contributed by atoms with Gasteiger partial charge >= 0.3 is 0 Å². The van der Waals surface area contributed by atoms with E-state index in [2.05, 4.69) is 23.8 Å². The molecule has 2 rings (SSSR count). The largest absolute Gasteiger partial charge is 0.257 e. The van der Waals surface area contributed by atoms with Crippen molar-refractivity contribution < 1.29 is 0 Å². The van der Waals surface area contributed by atoms with Crippen LogP contribution in [-0.4, -0.2) is 9.97 Å². The highest BCUT2D eigenvalue weighted by molar-refractivity contribution is 5.22. The van der Waals surface area contributed by atoms with E-state index in [4.69, 9.17) is 0 Å². The van der Waals surface area contributed by atoms with Gasteiger partial charge in [-0.15, -0.1) is 0 Å². The van der Waals surface area contributed by atoms with Gasteiger partial charge in [-0.05, 0) is 19.3 Å². The second kappa shape index (κ2) is 2.85. The summed E-state index contributed by atoms with van der Waals surface area (Å²) in [6.45, 7) is 4.35. The van der Waals surface area contributed by atoms with Crippen LogP contribution in [0.2, 0.25) is 0 Å². The average molecular weight is 162 g/mol. The van der Waals surface area contributed by atoms with Crippen LogP contribution in [0.4, 0.5) is 0 Å². The molecule has 64 valence electrons. The van der Waals surface area contributed by atoms with Gasteiger partial charge in [0.05, 0.1) is 17.1 Å². The van der Waals surface area contributed by atoms with Crippen molar-refractivity contribution in [2.75, 3.05) is 0 Å². The molecular weight excluding hydrogens is 148 g/mol. The van der Waals surface area contributed by atoms with Crippen LogP contribution < -0.4 is 0 Å². The molecule has 1 aromatic heterocycles. The molecule has 0 radical (unpaired) electrons. The first-order valence-electron chi connectivity index (χ1n) is 4.66. The molecule has 0 bridgehead atoms. The number of nitrogens with zero attached hydrogens (tertiary/aromatic N) is 2. The van der Waals surface area contributed by atoms with Gasteiger partial charge < -0.3 is 0 Å². The van der Waals surface area contributed by atoms with Crippen molar-refractivity contribution in [3.8, 4) is 0 Å². The highest BCUT2D eigenvalue weighted by atomic mass is 14.8. The first-order chi connectivity index (χ1) is 5.81. The van der Waals surface area contributed by atoms with Gasteiger partial charge in [0.25, 0.3) is 0 Å². The minimum absolute atomic E-state index is 0.624. The van der Waals surface area contributed by atoms with Crippen LogP contribution in [0.5, 0.6) is 0 Å². The van der Waals surface area contributed by atoms with Crippen LogP contribution in [0.1, 0.15) is 43.3 Å². The summed E-state index contributed by atoms with van der Waals surface area (Å²) in [6.07, 6.45) is 5.26. The number of aryl methyl sites for hydroxylation is 2. The summed E-state index contributed by atoms with van der Waals surface area (Å²) in [6, 6.07) is 0. The van der Waals surface area contributed by atoms with Crippen LogP contribution in [0.3, 0.4) is 0 Å². The van der Waals surface area contributed by atoms with Crippen LogP contribution >= 0.6 is 0 Å². The third kappa shape index (κ3) is 1.11. The fourth-order valence-electron chi connectivity index (χ4n) is 1.73. The van der Waals surface area contributed by atoms with Crippen LogP contribution in [-0.2, 0) is 12.8 Å². The molecule has 1 atom stereocenters. The van der Waals surface area contributed by atoms with Crippen molar-refractivity contribution in [2.45, 2.75) is 39.0 Å². The van der Waals surface area contributed by atoms with Gasteiger partial charge in [0, 0.05) is 12.1 Å². The lowest BCUT2D eigenvalue weighted by atomic mass is 10.1. The van der Waals surface area contributed by atoms with Gasteiger partial charge in [-0.3, -0.25) is 9.97 Å². The maximum atomic E-state index is 4.56. The average Bonchev–Trinajstić information content (AvgIpc) is 2.47. The Morgan fingerprint density at radius 3 is 3.17 bits per heavy atom. The first kappa shape index (κ1) is 7.71. The zero-order chi connectivity index (χ0) is 8.55. The van der Waals surface area contributed by atoms with E-state index in [0.29, 0.717) is 5.92 Å². The summed E-state index contributed by atoms with van der Waals surface area (Å²) in [4.78, 5) is 9.01. The Balaban J connectivity index is 2.41. The van der Waals surface area contributed by atoms with E-state index in [1.807, 2.05) is 6.20 Å². The van der Waals surface area contributed by atoms with Gasteiger partial charge in [-0.25, -0.2) is 0 Å². The second-order valence-electron chi connectivity index (χ2n) is 3.49. The number of rotatable bonds is 1. The predicted octanol–water partition coefficient (Wildman–Crippen LogP) is 2.09. The van der Waals surface area contributed by atoms with E-state index in [1.165, 1.54) is 17.8 Å². The Morgan fingerprint density at radius 2 is 2.42 bits per heavy atom. The molecule has 12 heavy (non-hydrogen) atoms. The number of fused-ring (bicyclic) bond motifs is 1. The van der Waals surface area contributed by atoms with Crippen molar-refractivity contribution in [1.29, 1.82) is 0 Å². The molecule has 0 saturated carbocycles. The SMILES string of the molecule is CCc1cnc2c(n1)CCC2C. The third-order valence-corrected chi connectivity index (χ3v) is 2.57. The van der Waals surface area contributed by atoms with Crippen molar-refractivity contribution in [1.82, 2.24) is 9.97 Å². The summed E-state index contributed by atoms with van der Waals surface area (Å²) in [5.41, 5.74) is 3.59. The molecule has 2 heteroatoms. The lowest BCUT2D eigenvalue weighted by Gasteiger charge is -2.02. The molecule has 1 unspecified atom stereocenters. The summed E-state index contributed by atoms with van der Waals surface area (Å²) in [5.74, 6) is 0.624. The Bertz CT molecular complexity index is 294. The number of aromatic nitrogens is 2. The molecule has 0 aromatic carbocycles. The molecular formula is C10H14N2. The fraction of sp³-hybridized carbons (Fsp3) is 0.600. The Labute approximate surface area is 73.1 Å². The molecule has 0 saturated heterocycles. The van der Waals surface area contributed by atoms with E-state index < -0.39 is 0 Å². The molecule has 0 fully saturated rings. The van der Waals surface area contributed by atoms with Crippen molar-refractivity contribution in [3.63, 3.8) is 0 Å². The molecule has 1 aliphatic carbocycles. The van der Waals surface area contributed by atoms with Gasteiger partial charge in [-0.1, -0.05) is 13.8 Å². The quantitative estimate of drug-likeness (QED) is 0.632. The molecule has 0 amide bonds. The molecule has 0 aliphatic heterocycles. The molecule has 1 aliphatic rings.